The maximum atomic E-state index is 13.0. The second-order valence-corrected chi connectivity index (χ2v) is 7.23. The third kappa shape index (κ3) is 4.89. The van der Waals surface area contributed by atoms with Crippen LogP contribution in [0, 0.1) is 11.3 Å². The molecule has 1 atom stereocenters. The van der Waals surface area contributed by atoms with E-state index in [1.807, 2.05) is 60.0 Å². The maximum Gasteiger partial charge on any atom is 0.349 e. The summed E-state index contributed by atoms with van der Waals surface area (Å²) in [6.45, 7) is 1.79. The SMILES string of the molecule is CC(OC(=O)c1sccc1-c1ccccc1)C(=O)N(CCC#N)c1ccccc1. The van der Waals surface area contributed by atoms with Gasteiger partial charge in [0.15, 0.2) is 6.10 Å². The fourth-order valence-electron chi connectivity index (χ4n) is 2.93. The van der Waals surface area contributed by atoms with Gasteiger partial charge in [-0.25, -0.2) is 4.79 Å². The summed E-state index contributed by atoms with van der Waals surface area (Å²) in [5.74, 6) is -0.898. The Balaban J connectivity index is 1.76. The van der Waals surface area contributed by atoms with Crippen LogP contribution in [0.15, 0.2) is 72.1 Å². The number of hydrogen-bond donors (Lipinski definition) is 0. The van der Waals surface area contributed by atoms with Gasteiger partial charge in [-0.15, -0.1) is 11.3 Å². The number of carbonyl (C=O) groups is 2. The third-order valence-corrected chi connectivity index (χ3v) is 5.24. The molecule has 0 aliphatic heterocycles. The van der Waals surface area contributed by atoms with Gasteiger partial charge in [0.25, 0.3) is 5.91 Å². The van der Waals surface area contributed by atoms with Gasteiger partial charge in [0.2, 0.25) is 0 Å². The highest BCUT2D eigenvalue weighted by Gasteiger charge is 2.27. The van der Waals surface area contributed by atoms with E-state index in [-0.39, 0.29) is 18.9 Å². The van der Waals surface area contributed by atoms with E-state index >= 15 is 0 Å². The molecule has 0 aliphatic carbocycles. The van der Waals surface area contributed by atoms with Crippen LogP contribution in [0.1, 0.15) is 23.0 Å². The fourth-order valence-corrected chi connectivity index (χ4v) is 3.73. The summed E-state index contributed by atoms with van der Waals surface area (Å²) in [5.41, 5.74) is 2.36. The fraction of sp³-hybridized carbons (Fsp3) is 0.174. The maximum absolute atomic E-state index is 13.0. The number of benzene rings is 2. The molecule has 3 aromatic rings. The van der Waals surface area contributed by atoms with Crippen LogP contribution >= 0.6 is 11.3 Å². The average molecular weight is 404 g/mol. The molecule has 29 heavy (non-hydrogen) atoms. The summed E-state index contributed by atoms with van der Waals surface area (Å²) in [6, 6.07) is 22.5. The number of esters is 1. The lowest BCUT2D eigenvalue weighted by Crippen LogP contribution is -2.40. The van der Waals surface area contributed by atoms with Gasteiger partial charge in [-0.2, -0.15) is 5.26 Å². The Morgan fingerprint density at radius 1 is 1.07 bits per heavy atom. The summed E-state index contributed by atoms with van der Waals surface area (Å²) in [5, 5.41) is 10.7. The van der Waals surface area contributed by atoms with Gasteiger partial charge in [-0.05, 0) is 36.1 Å². The van der Waals surface area contributed by atoms with Crippen molar-refractivity contribution < 1.29 is 14.3 Å². The minimum absolute atomic E-state index is 0.185. The van der Waals surface area contributed by atoms with Gasteiger partial charge in [-0.3, -0.25) is 4.79 Å². The quantitative estimate of drug-likeness (QED) is 0.525. The lowest BCUT2D eigenvalue weighted by molar-refractivity contribution is -0.126. The van der Waals surface area contributed by atoms with Gasteiger partial charge in [0.05, 0.1) is 12.5 Å². The highest BCUT2D eigenvalue weighted by atomic mass is 32.1. The lowest BCUT2D eigenvalue weighted by Gasteiger charge is -2.25. The number of ether oxygens (including phenoxy) is 1. The molecule has 0 spiro atoms. The zero-order valence-electron chi connectivity index (χ0n) is 15.9. The van der Waals surface area contributed by atoms with Crippen LogP contribution in [0.5, 0.6) is 0 Å². The van der Waals surface area contributed by atoms with Crippen LogP contribution in [-0.4, -0.2) is 24.5 Å². The summed E-state index contributed by atoms with van der Waals surface area (Å²) >= 11 is 1.28. The molecule has 3 rings (SSSR count). The van der Waals surface area contributed by atoms with Crippen LogP contribution in [0.4, 0.5) is 5.69 Å². The highest BCUT2D eigenvalue weighted by Crippen LogP contribution is 2.29. The first-order valence-corrected chi connectivity index (χ1v) is 10.1. The summed E-state index contributed by atoms with van der Waals surface area (Å²) in [7, 11) is 0. The molecule has 1 amide bonds. The average Bonchev–Trinajstić information content (AvgIpc) is 3.25. The molecule has 0 saturated carbocycles. The Labute approximate surface area is 173 Å². The minimum atomic E-state index is -0.980. The minimum Gasteiger partial charge on any atom is -0.448 e. The molecular formula is C23H20N2O3S. The number of thiophene rings is 1. The van der Waals surface area contributed by atoms with Crippen LogP contribution in [0.3, 0.4) is 0 Å². The van der Waals surface area contributed by atoms with E-state index in [1.165, 1.54) is 16.2 Å². The Kier molecular flexibility index (Phi) is 6.77. The number of amides is 1. The van der Waals surface area contributed by atoms with Crippen LogP contribution < -0.4 is 4.90 Å². The summed E-state index contributed by atoms with van der Waals surface area (Å²) < 4.78 is 5.50. The summed E-state index contributed by atoms with van der Waals surface area (Å²) in [6.07, 6.45) is -0.795. The first-order chi connectivity index (χ1) is 14.1. The molecule has 1 aromatic heterocycles. The van der Waals surface area contributed by atoms with Crippen molar-refractivity contribution in [2.75, 3.05) is 11.4 Å². The molecule has 1 unspecified atom stereocenters. The van der Waals surface area contributed by atoms with Crippen molar-refractivity contribution in [1.82, 2.24) is 0 Å². The summed E-state index contributed by atoms with van der Waals surface area (Å²) in [4.78, 5) is 27.6. The Morgan fingerprint density at radius 3 is 2.38 bits per heavy atom. The molecule has 0 fully saturated rings. The topological polar surface area (TPSA) is 70.4 Å². The molecule has 0 aliphatic rings. The Hall–Kier alpha value is -3.43. The van der Waals surface area contributed by atoms with Gasteiger partial charge >= 0.3 is 5.97 Å². The number of para-hydroxylation sites is 1. The monoisotopic (exact) mass is 404 g/mol. The van der Waals surface area contributed by atoms with E-state index in [0.717, 1.165) is 11.1 Å². The largest absolute Gasteiger partial charge is 0.448 e. The molecule has 1 heterocycles. The van der Waals surface area contributed by atoms with E-state index < -0.39 is 12.1 Å². The number of nitrogens with zero attached hydrogens (tertiary/aromatic N) is 2. The van der Waals surface area contributed by atoms with Crippen molar-refractivity contribution in [1.29, 1.82) is 5.26 Å². The van der Waals surface area contributed by atoms with Crippen molar-refractivity contribution in [2.24, 2.45) is 0 Å². The van der Waals surface area contributed by atoms with E-state index in [2.05, 4.69) is 6.07 Å². The van der Waals surface area contributed by atoms with Gasteiger partial charge in [-0.1, -0.05) is 48.5 Å². The standard InChI is InChI=1S/C23H20N2O3S/c1-17(22(26)25(15-8-14-24)19-11-6-3-7-12-19)28-23(27)21-20(13-16-29-21)18-9-4-2-5-10-18/h2-7,9-13,16-17H,8,15H2,1H3. The van der Waals surface area contributed by atoms with Gasteiger partial charge in [0.1, 0.15) is 4.88 Å². The highest BCUT2D eigenvalue weighted by molar-refractivity contribution is 7.12. The number of rotatable bonds is 7. The lowest BCUT2D eigenvalue weighted by atomic mass is 10.1. The number of hydrogen-bond acceptors (Lipinski definition) is 5. The molecule has 0 bridgehead atoms. The first-order valence-electron chi connectivity index (χ1n) is 9.19. The number of anilines is 1. The smallest absolute Gasteiger partial charge is 0.349 e. The van der Waals surface area contributed by atoms with Gasteiger partial charge < -0.3 is 9.64 Å². The van der Waals surface area contributed by atoms with E-state index in [4.69, 9.17) is 10.00 Å². The number of nitriles is 1. The molecule has 5 nitrogen and oxygen atoms in total. The van der Waals surface area contributed by atoms with Crippen molar-refractivity contribution in [2.45, 2.75) is 19.4 Å². The Bertz CT molecular complexity index is 1010. The van der Waals surface area contributed by atoms with Crippen molar-refractivity contribution in [3.8, 4) is 17.2 Å². The molecular weight excluding hydrogens is 384 g/mol. The van der Waals surface area contributed by atoms with E-state index in [9.17, 15) is 9.59 Å². The Morgan fingerprint density at radius 2 is 1.72 bits per heavy atom. The molecule has 0 radical (unpaired) electrons. The second-order valence-electron chi connectivity index (χ2n) is 6.31. The second kappa shape index (κ2) is 9.67. The van der Waals surface area contributed by atoms with Crippen molar-refractivity contribution >= 4 is 28.9 Å². The molecule has 146 valence electrons. The molecule has 2 aromatic carbocycles. The van der Waals surface area contributed by atoms with Crippen LogP contribution in [0.25, 0.3) is 11.1 Å². The predicted octanol–water partition coefficient (Wildman–Crippen LogP) is 4.91. The van der Waals surface area contributed by atoms with Crippen LogP contribution in [-0.2, 0) is 9.53 Å². The van der Waals surface area contributed by atoms with Crippen molar-refractivity contribution in [3.05, 3.63) is 77.0 Å². The molecule has 0 saturated heterocycles. The van der Waals surface area contributed by atoms with Crippen molar-refractivity contribution in [3.63, 3.8) is 0 Å². The van der Waals surface area contributed by atoms with Gasteiger partial charge in [0, 0.05) is 17.8 Å². The first kappa shape index (κ1) is 20.3. The zero-order chi connectivity index (χ0) is 20.6. The molecule has 0 N–H and O–H groups in total. The van der Waals surface area contributed by atoms with E-state index in [1.54, 1.807) is 19.1 Å². The zero-order valence-corrected chi connectivity index (χ0v) is 16.8. The van der Waals surface area contributed by atoms with E-state index in [0.29, 0.717) is 10.6 Å². The normalized spacial score (nSPS) is 11.3. The number of carbonyl (C=O) groups excluding carboxylic acids is 2. The van der Waals surface area contributed by atoms with Crippen LogP contribution in [0.2, 0.25) is 0 Å². The predicted molar refractivity (Wildman–Crippen MR) is 114 cm³/mol. The molecule has 6 heteroatoms. The third-order valence-electron chi connectivity index (χ3n) is 4.35.